The molecule has 0 amide bonds. The van der Waals surface area contributed by atoms with Crippen molar-refractivity contribution in [2.45, 2.75) is 26.2 Å². The molecule has 1 aromatic heterocycles. The maximum atomic E-state index is 11.4. The average Bonchev–Trinajstić information content (AvgIpc) is 2.68. The first-order chi connectivity index (χ1) is 6.83. The van der Waals surface area contributed by atoms with Gasteiger partial charge >= 0.3 is 0 Å². The van der Waals surface area contributed by atoms with E-state index >= 15 is 0 Å². The van der Waals surface area contributed by atoms with E-state index in [2.05, 4.69) is 23.7 Å². The summed E-state index contributed by atoms with van der Waals surface area (Å²) in [7, 11) is 0. The fourth-order valence-corrected chi connectivity index (χ4v) is 1.92. The van der Waals surface area contributed by atoms with Gasteiger partial charge in [0.25, 0.3) is 0 Å². The van der Waals surface area contributed by atoms with E-state index in [-0.39, 0.29) is 0 Å². The summed E-state index contributed by atoms with van der Waals surface area (Å²) in [4.78, 5) is 12.7. The average molecular weight is 211 g/mol. The van der Waals surface area contributed by atoms with Gasteiger partial charge in [-0.15, -0.1) is 11.3 Å². The van der Waals surface area contributed by atoms with Gasteiger partial charge < -0.3 is 5.32 Å². The Morgan fingerprint density at radius 2 is 2.43 bits per heavy atom. The molecule has 1 heterocycles. The van der Waals surface area contributed by atoms with Crippen molar-refractivity contribution < 1.29 is 4.79 Å². The Labute approximate surface area is 89.3 Å². The number of Topliss-reactive ketones (excluding diaryl/α,β-unsaturated/α-hetero) is 1. The number of nitrogens with one attached hydrogen (secondary N) is 1. The minimum atomic E-state index is 0.312. The van der Waals surface area contributed by atoms with E-state index < -0.39 is 0 Å². The van der Waals surface area contributed by atoms with Crippen LogP contribution >= 0.6 is 11.3 Å². The molecule has 0 saturated carbocycles. The zero-order chi connectivity index (χ0) is 10.2. The van der Waals surface area contributed by atoms with E-state index in [1.807, 2.05) is 6.07 Å². The van der Waals surface area contributed by atoms with Crippen LogP contribution in [-0.2, 0) is 11.2 Å². The first kappa shape index (κ1) is 11.4. The molecule has 0 aliphatic heterocycles. The molecule has 0 aliphatic rings. The van der Waals surface area contributed by atoms with Crippen LogP contribution in [0.25, 0.3) is 0 Å². The van der Waals surface area contributed by atoms with Gasteiger partial charge in [0.2, 0.25) is 0 Å². The number of ketones is 1. The third-order valence-electron chi connectivity index (χ3n) is 1.98. The minimum Gasteiger partial charge on any atom is -0.310 e. The Kier molecular flexibility index (Phi) is 5.49. The predicted octanol–water partition coefficient (Wildman–Crippen LogP) is 2.25. The lowest BCUT2D eigenvalue weighted by Crippen LogP contribution is -2.23. The molecule has 0 aliphatic carbocycles. The zero-order valence-electron chi connectivity index (χ0n) is 8.58. The number of carbonyl (C=O) groups is 1. The highest BCUT2D eigenvalue weighted by molar-refractivity contribution is 7.09. The van der Waals surface area contributed by atoms with Crippen LogP contribution in [0.3, 0.4) is 0 Å². The van der Waals surface area contributed by atoms with Gasteiger partial charge in [-0.05, 0) is 30.8 Å². The van der Waals surface area contributed by atoms with Crippen molar-refractivity contribution in [3.8, 4) is 0 Å². The molecule has 0 unspecified atom stereocenters. The van der Waals surface area contributed by atoms with Crippen molar-refractivity contribution in [1.29, 1.82) is 0 Å². The van der Waals surface area contributed by atoms with E-state index in [4.69, 9.17) is 0 Å². The van der Waals surface area contributed by atoms with Crippen LogP contribution in [0.1, 0.15) is 24.6 Å². The second-order valence-electron chi connectivity index (χ2n) is 3.29. The molecule has 0 fully saturated rings. The largest absolute Gasteiger partial charge is 0.310 e. The summed E-state index contributed by atoms with van der Waals surface area (Å²) in [6, 6.07) is 4.11. The van der Waals surface area contributed by atoms with Crippen LogP contribution in [0.4, 0.5) is 0 Å². The predicted molar refractivity (Wildman–Crippen MR) is 60.8 cm³/mol. The topological polar surface area (TPSA) is 29.1 Å². The highest BCUT2D eigenvalue weighted by Gasteiger charge is 2.02. The van der Waals surface area contributed by atoms with Crippen molar-refractivity contribution in [2.24, 2.45) is 0 Å². The third kappa shape index (κ3) is 4.53. The number of hydrogen-bond donors (Lipinski definition) is 1. The Hall–Kier alpha value is -0.670. The molecule has 2 nitrogen and oxygen atoms in total. The minimum absolute atomic E-state index is 0.312. The molecule has 1 aromatic rings. The fourth-order valence-electron chi connectivity index (χ4n) is 1.21. The molecule has 0 saturated heterocycles. The molecule has 14 heavy (non-hydrogen) atoms. The van der Waals surface area contributed by atoms with Crippen LogP contribution in [0.5, 0.6) is 0 Å². The van der Waals surface area contributed by atoms with Crippen molar-refractivity contribution in [3.05, 3.63) is 22.4 Å². The van der Waals surface area contributed by atoms with Gasteiger partial charge in [0, 0.05) is 11.3 Å². The van der Waals surface area contributed by atoms with Crippen LogP contribution in [0.15, 0.2) is 17.5 Å². The summed E-state index contributed by atoms with van der Waals surface area (Å²) >= 11 is 1.72. The summed E-state index contributed by atoms with van der Waals surface area (Å²) in [5, 5.41) is 5.17. The normalized spacial score (nSPS) is 10.4. The van der Waals surface area contributed by atoms with E-state index in [1.54, 1.807) is 11.3 Å². The number of rotatable bonds is 7. The van der Waals surface area contributed by atoms with Gasteiger partial charge in [-0.25, -0.2) is 0 Å². The molecular formula is C11H17NOS. The maximum absolute atomic E-state index is 11.4. The number of aryl methyl sites for hydroxylation is 1. The van der Waals surface area contributed by atoms with E-state index in [0.717, 1.165) is 19.4 Å². The monoisotopic (exact) mass is 211 g/mol. The van der Waals surface area contributed by atoms with Crippen molar-refractivity contribution in [2.75, 3.05) is 13.1 Å². The van der Waals surface area contributed by atoms with Crippen molar-refractivity contribution in [3.63, 3.8) is 0 Å². The van der Waals surface area contributed by atoms with Gasteiger partial charge in [-0.3, -0.25) is 4.79 Å². The number of thiophene rings is 1. The Bertz CT molecular complexity index is 256. The third-order valence-corrected chi connectivity index (χ3v) is 2.92. The summed E-state index contributed by atoms with van der Waals surface area (Å²) in [6.07, 6.45) is 2.64. The standard InChI is InChI=1S/C11H17NOS/c1-2-7-12-9-10(13)5-6-11-4-3-8-14-11/h3-4,8,12H,2,5-7,9H2,1H3. The van der Waals surface area contributed by atoms with Gasteiger partial charge in [-0.2, -0.15) is 0 Å². The Morgan fingerprint density at radius 1 is 1.57 bits per heavy atom. The number of hydrogen-bond acceptors (Lipinski definition) is 3. The first-order valence-corrected chi connectivity index (χ1v) is 5.95. The smallest absolute Gasteiger partial charge is 0.146 e. The lowest BCUT2D eigenvalue weighted by atomic mass is 10.2. The molecule has 1 N–H and O–H groups in total. The van der Waals surface area contributed by atoms with Gasteiger partial charge in [0.15, 0.2) is 0 Å². The molecule has 0 aromatic carbocycles. The Balaban J connectivity index is 2.09. The van der Waals surface area contributed by atoms with Gasteiger partial charge in [-0.1, -0.05) is 13.0 Å². The van der Waals surface area contributed by atoms with Crippen LogP contribution in [0, 0.1) is 0 Å². The number of carbonyl (C=O) groups excluding carboxylic acids is 1. The summed E-state index contributed by atoms with van der Waals surface area (Å²) in [6.45, 7) is 3.56. The molecule has 0 radical (unpaired) electrons. The highest BCUT2D eigenvalue weighted by Crippen LogP contribution is 2.10. The molecule has 78 valence electrons. The first-order valence-electron chi connectivity index (χ1n) is 5.07. The molecule has 0 atom stereocenters. The van der Waals surface area contributed by atoms with Crippen LogP contribution < -0.4 is 5.32 Å². The quantitative estimate of drug-likeness (QED) is 0.701. The molecule has 1 rings (SSSR count). The second-order valence-corrected chi connectivity index (χ2v) is 4.33. The molecule has 0 bridgehead atoms. The maximum Gasteiger partial charge on any atom is 0.146 e. The summed E-state index contributed by atoms with van der Waals surface area (Å²) in [5.41, 5.74) is 0. The second kappa shape index (κ2) is 6.74. The van der Waals surface area contributed by atoms with Gasteiger partial charge in [0.05, 0.1) is 6.54 Å². The van der Waals surface area contributed by atoms with Crippen LogP contribution in [-0.4, -0.2) is 18.9 Å². The zero-order valence-corrected chi connectivity index (χ0v) is 9.40. The van der Waals surface area contributed by atoms with E-state index in [9.17, 15) is 4.79 Å². The lowest BCUT2D eigenvalue weighted by Gasteiger charge is -2.01. The van der Waals surface area contributed by atoms with Crippen LogP contribution in [0.2, 0.25) is 0 Å². The van der Waals surface area contributed by atoms with Gasteiger partial charge in [0.1, 0.15) is 5.78 Å². The highest BCUT2D eigenvalue weighted by atomic mass is 32.1. The fraction of sp³-hybridized carbons (Fsp3) is 0.545. The summed E-state index contributed by atoms with van der Waals surface area (Å²) in [5.74, 6) is 0.312. The molecule has 0 spiro atoms. The van der Waals surface area contributed by atoms with E-state index in [0.29, 0.717) is 18.7 Å². The SMILES string of the molecule is CCCNCC(=O)CCc1cccs1. The summed E-state index contributed by atoms with van der Waals surface area (Å²) < 4.78 is 0. The van der Waals surface area contributed by atoms with Crippen molar-refractivity contribution >= 4 is 17.1 Å². The Morgan fingerprint density at radius 3 is 3.07 bits per heavy atom. The van der Waals surface area contributed by atoms with E-state index in [1.165, 1.54) is 4.88 Å². The molecule has 3 heteroatoms. The molecular weight excluding hydrogens is 194 g/mol. The lowest BCUT2D eigenvalue weighted by molar-refractivity contribution is -0.118. The van der Waals surface area contributed by atoms with Crippen molar-refractivity contribution in [1.82, 2.24) is 5.32 Å².